The topological polar surface area (TPSA) is 84.8 Å². The van der Waals surface area contributed by atoms with Gasteiger partial charge in [0.25, 0.3) is 0 Å². The molecule has 82 valence electrons. The van der Waals surface area contributed by atoms with Crippen molar-refractivity contribution in [3.63, 3.8) is 0 Å². The van der Waals surface area contributed by atoms with Crippen molar-refractivity contribution in [3.05, 3.63) is 24.5 Å². The van der Waals surface area contributed by atoms with Crippen molar-refractivity contribution in [1.82, 2.24) is 20.2 Å². The maximum absolute atomic E-state index is 10.5. The van der Waals surface area contributed by atoms with Crippen LogP contribution in [0.5, 0.6) is 0 Å². The number of rotatable bonds is 3. The fourth-order valence-corrected chi connectivity index (χ4v) is 1.34. The lowest BCUT2D eigenvalue weighted by atomic mass is 10.2. The zero-order chi connectivity index (χ0) is 11.5. The predicted molar refractivity (Wildman–Crippen MR) is 52.1 cm³/mol. The number of carbonyl (C=O) groups is 1. The third kappa shape index (κ3) is 2.02. The van der Waals surface area contributed by atoms with E-state index >= 15 is 0 Å². The standard InChI is InChI=1S/C9H9N5O2/c1-13-9(10-11-12-13)7-2-4-14(5-3-7)6-8(15)16/h2-5H,6H2,1H3/p+1. The van der Waals surface area contributed by atoms with Crippen molar-refractivity contribution < 1.29 is 14.5 Å². The molecule has 0 bridgehead atoms. The Balaban J connectivity index is 2.26. The van der Waals surface area contributed by atoms with Crippen LogP contribution in [0.25, 0.3) is 11.4 Å². The van der Waals surface area contributed by atoms with Gasteiger partial charge in [0.05, 0.1) is 0 Å². The summed E-state index contributed by atoms with van der Waals surface area (Å²) in [4.78, 5) is 10.5. The summed E-state index contributed by atoms with van der Waals surface area (Å²) in [6.07, 6.45) is 3.36. The Morgan fingerprint density at radius 1 is 1.50 bits per heavy atom. The number of aromatic nitrogens is 5. The van der Waals surface area contributed by atoms with Gasteiger partial charge in [0.1, 0.15) is 0 Å². The molecule has 0 aliphatic heterocycles. The molecule has 2 aromatic rings. The van der Waals surface area contributed by atoms with Gasteiger partial charge in [0.2, 0.25) is 6.54 Å². The lowest BCUT2D eigenvalue weighted by Gasteiger charge is -1.97. The van der Waals surface area contributed by atoms with Crippen molar-refractivity contribution in [1.29, 1.82) is 0 Å². The molecule has 0 aromatic carbocycles. The van der Waals surface area contributed by atoms with Gasteiger partial charge in [-0.1, -0.05) is 0 Å². The molecule has 2 heterocycles. The number of aliphatic carboxylic acids is 1. The Morgan fingerprint density at radius 2 is 2.19 bits per heavy atom. The van der Waals surface area contributed by atoms with Crippen LogP contribution in [0.15, 0.2) is 24.5 Å². The zero-order valence-corrected chi connectivity index (χ0v) is 8.61. The quantitative estimate of drug-likeness (QED) is 0.688. The SMILES string of the molecule is Cn1nnnc1-c1cc[n+](CC(=O)O)cc1. The Labute approximate surface area is 91.0 Å². The second-order valence-corrected chi connectivity index (χ2v) is 3.28. The minimum Gasteiger partial charge on any atom is -0.477 e. The van der Waals surface area contributed by atoms with E-state index in [1.165, 1.54) is 0 Å². The minimum absolute atomic E-state index is 0.0582. The molecule has 0 amide bonds. The molecule has 0 saturated heterocycles. The molecule has 0 atom stereocenters. The smallest absolute Gasteiger partial charge is 0.370 e. The van der Waals surface area contributed by atoms with Crippen LogP contribution in [-0.2, 0) is 18.4 Å². The van der Waals surface area contributed by atoms with Crippen LogP contribution in [-0.4, -0.2) is 31.3 Å². The van der Waals surface area contributed by atoms with E-state index in [1.54, 1.807) is 40.8 Å². The number of hydrogen-bond donors (Lipinski definition) is 1. The molecule has 0 spiro atoms. The summed E-state index contributed by atoms with van der Waals surface area (Å²) in [6, 6.07) is 3.54. The normalized spacial score (nSPS) is 10.3. The number of aryl methyl sites for hydroxylation is 1. The fourth-order valence-electron chi connectivity index (χ4n) is 1.34. The highest BCUT2D eigenvalue weighted by molar-refractivity contribution is 5.64. The number of hydrogen-bond acceptors (Lipinski definition) is 4. The zero-order valence-electron chi connectivity index (χ0n) is 8.61. The van der Waals surface area contributed by atoms with E-state index in [0.717, 1.165) is 5.56 Å². The van der Waals surface area contributed by atoms with Gasteiger partial charge >= 0.3 is 5.97 Å². The second-order valence-electron chi connectivity index (χ2n) is 3.28. The first kappa shape index (κ1) is 10.2. The summed E-state index contributed by atoms with van der Waals surface area (Å²) >= 11 is 0. The Hall–Kier alpha value is -2.31. The molecule has 2 rings (SSSR count). The molecule has 2 aromatic heterocycles. The summed E-state index contributed by atoms with van der Waals surface area (Å²) in [5.41, 5.74) is 0.842. The lowest BCUT2D eigenvalue weighted by Crippen LogP contribution is -2.36. The molecule has 0 aliphatic rings. The number of carboxylic acids is 1. The van der Waals surface area contributed by atoms with Gasteiger partial charge in [-0.2, -0.15) is 4.57 Å². The average Bonchev–Trinajstić information content (AvgIpc) is 2.65. The summed E-state index contributed by atoms with van der Waals surface area (Å²) in [5.74, 6) is -0.236. The van der Waals surface area contributed by atoms with Crippen LogP contribution in [0, 0.1) is 0 Å². The van der Waals surface area contributed by atoms with Gasteiger partial charge in [0.15, 0.2) is 18.2 Å². The van der Waals surface area contributed by atoms with Crippen molar-refractivity contribution >= 4 is 5.97 Å². The molecule has 0 aliphatic carbocycles. The van der Waals surface area contributed by atoms with Gasteiger partial charge in [0, 0.05) is 24.7 Å². The van der Waals surface area contributed by atoms with Gasteiger partial charge in [-0.15, -0.1) is 5.10 Å². The van der Waals surface area contributed by atoms with Crippen molar-refractivity contribution in [2.24, 2.45) is 7.05 Å². The van der Waals surface area contributed by atoms with E-state index in [1.807, 2.05) is 0 Å². The Kier molecular flexibility index (Phi) is 2.59. The first-order valence-electron chi connectivity index (χ1n) is 4.60. The first-order chi connectivity index (χ1) is 7.66. The summed E-state index contributed by atoms with van der Waals surface area (Å²) < 4.78 is 3.12. The molecular weight excluding hydrogens is 210 g/mol. The van der Waals surface area contributed by atoms with Crippen LogP contribution in [0.4, 0.5) is 0 Å². The lowest BCUT2D eigenvalue weighted by molar-refractivity contribution is -0.685. The summed E-state index contributed by atoms with van der Waals surface area (Å²) in [7, 11) is 1.74. The largest absolute Gasteiger partial charge is 0.477 e. The van der Waals surface area contributed by atoms with E-state index in [9.17, 15) is 4.79 Å². The monoisotopic (exact) mass is 220 g/mol. The fraction of sp³-hybridized carbons (Fsp3) is 0.222. The Morgan fingerprint density at radius 3 is 2.69 bits per heavy atom. The van der Waals surface area contributed by atoms with Gasteiger partial charge in [-0.25, -0.2) is 9.48 Å². The van der Waals surface area contributed by atoms with Gasteiger partial charge in [-0.05, 0) is 10.4 Å². The van der Waals surface area contributed by atoms with E-state index in [2.05, 4.69) is 15.5 Å². The number of carboxylic acid groups (broad SMARTS) is 1. The molecule has 7 nitrogen and oxygen atoms in total. The molecule has 7 heteroatoms. The van der Waals surface area contributed by atoms with Crippen LogP contribution in [0.2, 0.25) is 0 Å². The van der Waals surface area contributed by atoms with E-state index in [-0.39, 0.29) is 6.54 Å². The molecule has 0 unspecified atom stereocenters. The van der Waals surface area contributed by atoms with Crippen molar-refractivity contribution in [2.45, 2.75) is 6.54 Å². The Bertz CT molecular complexity index is 505. The highest BCUT2D eigenvalue weighted by Gasteiger charge is 2.10. The third-order valence-corrected chi connectivity index (χ3v) is 2.09. The number of tetrazole rings is 1. The maximum Gasteiger partial charge on any atom is 0.370 e. The summed E-state index contributed by atoms with van der Waals surface area (Å²) in [6.45, 7) is -0.0582. The molecule has 1 N–H and O–H groups in total. The van der Waals surface area contributed by atoms with Crippen LogP contribution < -0.4 is 4.57 Å². The van der Waals surface area contributed by atoms with Crippen LogP contribution in [0.3, 0.4) is 0 Å². The van der Waals surface area contributed by atoms with E-state index < -0.39 is 5.97 Å². The number of pyridine rings is 1. The van der Waals surface area contributed by atoms with Crippen LogP contribution >= 0.6 is 0 Å². The molecule has 0 saturated carbocycles. The first-order valence-corrected chi connectivity index (χ1v) is 4.60. The second kappa shape index (κ2) is 4.05. The predicted octanol–water partition coefficient (Wildman–Crippen LogP) is -0.751. The minimum atomic E-state index is -0.877. The van der Waals surface area contributed by atoms with Crippen molar-refractivity contribution in [3.8, 4) is 11.4 Å². The number of nitrogens with zero attached hydrogens (tertiary/aromatic N) is 5. The molecule has 16 heavy (non-hydrogen) atoms. The van der Waals surface area contributed by atoms with Crippen LogP contribution in [0.1, 0.15) is 0 Å². The maximum atomic E-state index is 10.5. The highest BCUT2D eigenvalue weighted by atomic mass is 16.4. The van der Waals surface area contributed by atoms with Gasteiger partial charge < -0.3 is 5.11 Å². The van der Waals surface area contributed by atoms with E-state index in [0.29, 0.717) is 5.82 Å². The average molecular weight is 220 g/mol. The third-order valence-electron chi connectivity index (χ3n) is 2.09. The molecular formula is C9H10N5O2+. The van der Waals surface area contributed by atoms with Gasteiger partial charge in [-0.3, -0.25) is 0 Å². The molecule has 0 radical (unpaired) electrons. The van der Waals surface area contributed by atoms with E-state index in [4.69, 9.17) is 5.11 Å². The molecule has 0 fully saturated rings. The van der Waals surface area contributed by atoms with Crippen molar-refractivity contribution in [2.75, 3.05) is 0 Å². The summed E-state index contributed by atoms with van der Waals surface area (Å²) in [5, 5.41) is 19.7. The highest BCUT2D eigenvalue weighted by Crippen LogP contribution is 2.11.